The first-order valence-electron chi connectivity index (χ1n) is 7.06. The molecule has 0 aromatic heterocycles. The fourth-order valence-electron chi connectivity index (χ4n) is 3.20. The van der Waals surface area contributed by atoms with E-state index < -0.39 is 0 Å². The summed E-state index contributed by atoms with van der Waals surface area (Å²) in [6.45, 7) is 2.26. The Kier molecular flexibility index (Phi) is 2.94. The molecular formula is C16H21F. The van der Waals surface area contributed by atoms with Crippen molar-refractivity contribution in [2.45, 2.75) is 57.8 Å². The largest absolute Gasteiger partial charge is 0.207 e. The molecule has 0 heterocycles. The van der Waals surface area contributed by atoms with Gasteiger partial charge in [0.2, 0.25) is 0 Å². The van der Waals surface area contributed by atoms with E-state index in [1.165, 1.54) is 43.2 Å². The van der Waals surface area contributed by atoms with Crippen molar-refractivity contribution < 1.29 is 4.39 Å². The van der Waals surface area contributed by atoms with Gasteiger partial charge in [-0.25, -0.2) is 4.39 Å². The van der Waals surface area contributed by atoms with Gasteiger partial charge in [0, 0.05) is 0 Å². The minimum Gasteiger partial charge on any atom is -0.207 e. The number of rotatable bonds is 4. The highest BCUT2D eigenvalue weighted by molar-refractivity contribution is 5.41. The van der Waals surface area contributed by atoms with Gasteiger partial charge in [0.1, 0.15) is 5.82 Å². The molecular weight excluding hydrogens is 211 g/mol. The van der Waals surface area contributed by atoms with Gasteiger partial charge in [0.25, 0.3) is 0 Å². The lowest BCUT2D eigenvalue weighted by molar-refractivity contribution is 0.588. The summed E-state index contributed by atoms with van der Waals surface area (Å²) in [5.74, 6) is 1.63. The highest BCUT2D eigenvalue weighted by atomic mass is 19.1. The van der Waals surface area contributed by atoms with Gasteiger partial charge < -0.3 is 0 Å². The summed E-state index contributed by atoms with van der Waals surface area (Å²) >= 11 is 0. The van der Waals surface area contributed by atoms with Crippen LogP contribution in [0.4, 0.5) is 4.39 Å². The minimum atomic E-state index is 0.0358. The van der Waals surface area contributed by atoms with E-state index in [2.05, 4.69) is 6.92 Å². The second-order valence-corrected chi connectivity index (χ2v) is 5.87. The number of hydrogen-bond donors (Lipinski definition) is 0. The molecule has 2 aliphatic rings. The van der Waals surface area contributed by atoms with Crippen LogP contribution in [0.3, 0.4) is 0 Å². The van der Waals surface area contributed by atoms with Crippen LogP contribution in [0.15, 0.2) is 12.1 Å². The summed E-state index contributed by atoms with van der Waals surface area (Å²) < 4.78 is 13.9. The van der Waals surface area contributed by atoms with Crippen molar-refractivity contribution in [3.8, 4) is 0 Å². The van der Waals surface area contributed by atoms with Crippen molar-refractivity contribution in [1.29, 1.82) is 0 Å². The van der Waals surface area contributed by atoms with Crippen LogP contribution in [0.25, 0.3) is 0 Å². The standard InChI is InChI=1S/C16H21F/c1-11-5-8-14-13(11)9-10-16(17)15(14)4-2-3-12-6-7-12/h9-12H,2-8H2,1H3/t11-/m1/s1. The Morgan fingerprint density at radius 2 is 2.06 bits per heavy atom. The first-order chi connectivity index (χ1) is 8.25. The van der Waals surface area contributed by atoms with Crippen LogP contribution in [0.5, 0.6) is 0 Å². The molecule has 0 amide bonds. The van der Waals surface area contributed by atoms with E-state index in [0.29, 0.717) is 5.92 Å². The summed E-state index contributed by atoms with van der Waals surface area (Å²) in [7, 11) is 0. The van der Waals surface area contributed by atoms with E-state index in [1.54, 1.807) is 6.07 Å². The molecule has 3 rings (SSSR count). The third-order valence-corrected chi connectivity index (χ3v) is 4.50. The maximum Gasteiger partial charge on any atom is 0.126 e. The van der Waals surface area contributed by atoms with Crippen molar-refractivity contribution in [1.82, 2.24) is 0 Å². The van der Waals surface area contributed by atoms with Gasteiger partial charge in [0.05, 0.1) is 0 Å². The predicted octanol–water partition coefficient (Wildman–Crippen LogP) is 4.61. The van der Waals surface area contributed by atoms with Gasteiger partial charge in [-0.3, -0.25) is 0 Å². The number of fused-ring (bicyclic) bond motifs is 1. The van der Waals surface area contributed by atoms with Gasteiger partial charge in [-0.1, -0.05) is 32.3 Å². The lowest BCUT2D eigenvalue weighted by Crippen LogP contribution is -1.99. The van der Waals surface area contributed by atoms with Crippen LogP contribution in [-0.4, -0.2) is 0 Å². The summed E-state index contributed by atoms with van der Waals surface area (Å²) in [5, 5.41) is 0. The van der Waals surface area contributed by atoms with Gasteiger partial charge in [-0.05, 0) is 60.3 Å². The lowest BCUT2D eigenvalue weighted by Gasteiger charge is -2.11. The SMILES string of the molecule is C[C@@H]1CCc2c1ccc(F)c2CCCC1CC1. The Morgan fingerprint density at radius 3 is 2.82 bits per heavy atom. The molecule has 0 N–H and O–H groups in total. The molecule has 1 fully saturated rings. The Labute approximate surface area is 103 Å². The van der Waals surface area contributed by atoms with Crippen molar-refractivity contribution in [2.24, 2.45) is 5.92 Å². The van der Waals surface area contributed by atoms with Crippen LogP contribution in [0, 0.1) is 11.7 Å². The first-order valence-corrected chi connectivity index (χ1v) is 7.06. The Bertz CT molecular complexity index is 418. The van der Waals surface area contributed by atoms with Crippen LogP contribution in [-0.2, 0) is 12.8 Å². The van der Waals surface area contributed by atoms with E-state index in [-0.39, 0.29) is 5.82 Å². The maximum absolute atomic E-state index is 13.9. The summed E-state index contributed by atoms with van der Waals surface area (Å²) in [6.07, 6.45) is 8.55. The number of benzene rings is 1. The molecule has 1 heteroatoms. The molecule has 1 saturated carbocycles. The smallest absolute Gasteiger partial charge is 0.126 e. The van der Waals surface area contributed by atoms with Crippen LogP contribution < -0.4 is 0 Å². The average molecular weight is 232 g/mol. The van der Waals surface area contributed by atoms with Crippen LogP contribution in [0.1, 0.15) is 61.6 Å². The summed E-state index contributed by atoms with van der Waals surface area (Å²) in [4.78, 5) is 0. The Balaban J connectivity index is 1.77. The summed E-state index contributed by atoms with van der Waals surface area (Å²) in [6, 6.07) is 3.69. The Hall–Kier alpha value is -0.850. The molecule has 0 bridgehead atoms. The number of hydrogen-bond acceptors (Lipinski definition) is 0. The molecule has 1 atom stereocenters. The van der Waals surface area contributed by atoms with Gasteiger partial charge in [-0.2, -0.15) is 0 Å². The fourth-order valence-corrected chi connectivity index (χ4v) is 3.20. The van der Waals surface area contributed by atoms with E-state index in [1.807, 2.05) is 6.07 Å². The lowest BCUT2D eigenvalue weighted by atomic mass is 9.95. The highest BCUT2D eigenvalue weighted by Gasteiger charge is 2.24. The van der Waals surface area contributed by atoms with Crippen LogP contribution in [0.2, 0.25) is 0 Å². The topological polar surface area (TPSA) is 0 Å². The molecule has 0 aliphatic heterocycles. The van der Waals surface area contributed by atoms with Crippen LogP contribution >= 0.6 is 0 Å². The van der Waals surface area contributed by atoms with Crippen molar-refractivity contribution >= 4 is 0 Å². The van der Waals surface area contributed by atoms with Gasteiger partial charge in [-0.15, -0.1) is 0 Å². The molecule has 0 saturated heterocycles. The third-order valence-electron chi connectivity index (χ3n) is 4.50. The van der Waals surface area contributed by atoms with E-state index >= 15 is 0 Å². The first kappa shape index (κ1) is 11.3. The molecule has 0 nitrogen and oxygen atoms in total. The second-order valence-electron chi connectivity index (χ2n) is 5.87. The molecule has 1 aromatic rings. The van der Waals surface area contributed by atoms with E-state index in [0.717, 1.165) is 24.3 Å². The quantitative estimate of drug-likeness (QED) is 0.711. The molecule has 0 unspecified atom stereocenters. The van der Waals surface area contributed by atoms with E-state index in [4.69, 9.17) is 0 Å². The monoisotopic (exact) mass is 232 g/mol. The second kappa shape index (κ2) is 4.44. The molecule has 0 spiro atoms. The molecule has 1 aromatic carbocycles. The van der Waals surface area contributed by atoms with Gasteiger partial charge in [0.15, 0.2) is 0 Å². The summed E-state index contributed by atoms with van der Waals surface area (Å²) in [5.41, 5.74) is 3.79. The third kappa shape index (κ3) is 2.25. The fraction of sp³-hybridized carbons (Fsp3) is 0.625. The molecule has 92 valence electrons. The van der Waals surface area contributed by atoms with E-state index in [9.17, 15) is 4.39 Å². The zero-order chi connectivity index (χ0) is 11.8. The van der Waals surface area contributed by atoms with Crippen molar-refractivity contribution in [3.05, 3.63) is 34.6 Å². The van der Waals surface area contributed by atoms with Gasteiger partial charge >= 0.3 is 0 Å². The average Bonchev–Trinajstić information content (AvgIpc) is 3.06. The predicted molar refractivity (Wildman–Crippen MR) is 68.8 cm³/mol. The van der Waals surface area contributed by atoms with Crippen molar-refractivity contribution in [3.63, 3.8) is 0 Å². The zero-order valence-electron chi connectivity index (χ0n) is 10.6. The molecule has 2 aliphatic carbocycles. The minimum absolute atomic E-state index is 0.0358. The number of halogens is 1. The Morgan fingerprint density at radius 1 is 1.24 bits per heavy atom. The molecule has 0 radical (unpaired) electrons. The van der Waals surface area contributed by atoms with Crippen molar-refractivity contribution in [2.75, 3.05) is 0 Å². The normalized spacial score (nSPS) is 22.8. The maximum atomic E-state index is 13.9. The highest BCUT2D eigenvalue weighted by Crippen LogP contribution is 2.37. The molecule has 17 heavy (non-hydrogen) atoms. The zero-order valence-corrected chi connectivity index (χ0v) is 10.6.